The highest BCUT2D eigenvalue weighted by molar-refractivity contribution is 4.94. The molecule has 59 valence electrons. The van der Waals surface area contributed by atoms with E-state index in [9.17, 15) is 0 Å². The maximum atomic E-state index is 3.26. The van der Waals surface area contributed by atoms with Crippen LogP contribution in [0.25, 0.3) is 0 Å². The Bertz CT molecular complexity index is 143. The van der Waals surface area contributed by atoms with Crippen LogP contribution in [0.1, 0.15) is 32.1 Å². The van der Waals surface area contributed by atoms with E-state index in [0.29, 0.717) is 0 Å². The zero-order valence-electron chi connectivity index (χ0n) is 6.92. The topological polar surface area (TPSA) is 0 Å². The predicted octanol–water partition coefficient (Wildman–Crippen LogP) is 3.42. The molecule has 0 saturated heterocycles. The van der Waals surface area contributed by atoms with Crippen molar-refractivity contribution in [3.63, 3.8) is 0 Å². The average Bonchev–Trinajstić information content (AvgIpc) is 2.08. The van der Waals surface area contributed by atoms with E-state index in [0.717, 1.165) is 19.3 Å². The maximum absolute atomic E-state index is 3.26. The highest BCUT2D eigenvalue weighted by atomic mass is 13.9. The third kappa shape index (κ3) is 4.60. The molecule has 0 atom stereocenters. The van der Waals surface area contributed by atoms with Gasteiger partial charge in [0.1, 0.15) is 0 Å². The molecule has 1 rings (SSSR count). The van der Waals surface area contributed by atoms with Crippen LogP contribution in [0.15, 0.2) is 30.4 Å². The van der Waals surface area contributed by atoms with Gasteiger partial charge in [0.15, 0.2) is 0 Å². The lowest BCUT2D eigenvalue weighted by Gasteiger charge is -1.85. The molecule has 0 saturated carbocycles. The van der Waals surface area contributed by atoms with Crippen molar-refractivity contribution in [2.75, 3.05) is 0 Å². The summed E-state index contributed by atoms with van der Waals surface area (Å²) in [6.07, 6.45) is 20.0. The van der Waals surface area contributed by atoms with Crippen LogP contribution in [0.4, 0.5) is 0 Å². The summed E-state index contributed by atoms with van der Waals surface area (Å²) in [4.78, 5) is 0. The van der Waals surface area contributed by atoms with Gasteiger partial charge in [-0.25, -0.2) is 0 Å². The quantitative estimate of drug-likeness (QED) is 0.460. The highest BCUT2D eigenvalue weighted by Crippen LogP contribution is 2.00. The van der Waals surface area contributed by atoms with Crippen molar-refractivity contribution >= 4 is 0 Å². The molecule has 0 amide bonds. The molecule has 0 heterocycles. The van der Waals surface area contributed by atoms with Crippen LogP contribution < -0.4 is 0 Å². The summed E-state index contributed by atoms with van der Waals surface area (Å²) in [7, 11) is 0. The fourth-order valence-electron chi connectivity index (χ4n) is 1.06. The zero-order chi connectivity index (χ0) is 7.78. The third-order valence-electron chi connectivity index (χ3n) is 1.69. The molecule has 0 fully saturated rings. The lowest BCUT2D eigenvalue weighted by Crippen LogP contribution is -1.65. The minimum Gasteiger partial charge on any atom is -0.0882 e. The molecule has 0 aromatic carbocycles. The Labute approximate surface area is 69.3 Å². The Morgan fingerprint density at radius 3 is 2.45 bits per heavy atom. The summed E-state index contributed by atoms with van der Waals surface area (Å²) >= 11 is 0. The molecule has 0 heteroatoms. The van der Waals surface area contributed by atoms with Crippen molar-refractivity contribution in [3.8, 4) is 0 Å². The molecule has 1 radical (unpaired) electrons. The Morgan fingerprint density at radius 1 is 0.818 bits per heavy atom. The number of hydrogen-bond donors (Lipinski definition) is 0. The second-order valence-corrected chi connectivity index (χ2v) is 2.70. The standard InChI is InChI=1S/C11H15/c1-2-4-6-8-10-11-9-7-5-3-1/h1-2,5,8,10H,3-4,6,9,11H2. The molecule has 0 spiro atoms. The predicted molar refractivity (Wildman–Crippen MR) is 49.2 cm³/mol. The Morgan fingerprint density at radius 2 is 1.55 bits per heavy atom. The lowest BCUT2D eigenvalue weighted by molar-refractivity contribution is 0.994. The average molecular weight is 147 g/mol. The van der Waals surface area contributed by atoms with Gasteiger partial charge in [-0.3, -0.25) is 0 Å². The normalized spacial score (nSPS) is 19.6. The van der Waals surface area contributed by atoms with Gasteiger partial charge in [0, 0.05) is 0 Å². The Kier molecular flexibility index (Phi) is 4.51. The van der Waals surface area contributed by atoms with Gasteiger partial charge < -0.3 is 0 Å². The molecule has 11 heavy (non-hydrogen) atoms. The second-order valence-electron chi connectivity index (χ2n) is 2.70. The summed E-state index contributed by atoms with van der Waals surface area (Å²) < 4.78 is 0. The van der Waals surface area contributed by atoms with E-state index in [2.05, 4.69) is 36.5 Å². The van der Waals surface area contributed by atoms with E-state index in [4.69, 9.17) is 0 Å². The first-order chi connectivity index (χ1) is 5.50. The van der Waals surface area contributed by atoms with Crippen molar-refractivity contribution < 1.29 is 0 Å². The zero-order valence-corrected chi connectivity index (χ0v) is 6.92. The summed E-state index contributed by atoms with van der Waals surface area (Å²) in [5.41, 5.74) is 0. The van der Waals surface area contributed by atoms with E-state index in [-0.39, 0.29) is 0 Å². The van der Waals surface area contributed by atoms with E-state index in [1.807, 2.05) is 0 Å². The van der Waals surface area contributed by atoms with Crippen LogP contribution in [0.3, 0.4) is 0 Å². The number of allylic oxidation sites excluding steroid dienone is 6. The number of rotatable bonds is 0. The van der Waals surface area contributed by atoms with E-state index in [1.54, 1.807) is 0 Å². The molecule has 0 aliphatic heterocycles. The van der Waals surface area contributed by atoms with Crippen LogP contribution in [-0.4, -0.2) is 0 Å². The number of hydrogen-bond acceptors (Lipinski definition) is 0. The fourth-order valence-corrected chi connectivity index (χ4v) is 1.06. The second kappa shape index (κ2) is 5.96. The molecule has 0 aromatic rings. The molecule has 1 aliphatic rings. The first-order valence-corrected chi connectivity index (χ1v) is 4.35. The van der Waals surface area contributed by atoms with E-state index < -0.39 is 0 Å². The lowest BCUT2D eigenvalue weighted by atomic mass is 10.2. The molecule has 0 unspecified atom stereocenters. The van der Waals surface area contributed by atoms with Crippen molar-refractivity contribution in [1.82, 2.24) is 0 Å². The first-order valence-electron chi connectivity index (χ1n) is 4.35. The molecule has 0 nitrogen and oxygen atoms in total. The van der Waals surface area contributed by atoms with Crippen molar-refractivity contribution in [2.24, 2.45) is 0 Å². The summed E-state index contributed by atoms with van der Waals surface area (Å²) in [6, 6.07) is 0. The van der Waals surface area contributed by atoms with Crippen LogP contribution in [0, 0.1) is 6.08 Å². The summed E-state index contributed by atoms with van der Waals surface area (Å²) in [6.45, 7) is 0. The Hall–Kier alpha value is -0.780. The van der Waals surface area contributed by atoms with Crippen LogP contribution in [0.5, 0.6) is 0 Å². The van der Waals surface area contributed by atoms with Gasteiger partial charge >= 0.3 is 0 Å². The molecule has 1 aliphatic carbocycles. The summed E-state index contributed by atoms with van der Waals surface area (Å²) in [5.74, 6) is 0. The Balaban J connectivity index is 2.34. The molecular weight excluding hydrogens is 132 g/mol. The van der Waals surface area contributed by atoms with Gasteiger partial charge in [0.05, 0.1) is 0 Å². The minimum absolute atomic E-state index is 1.06. The molecule has 0 aromatic heterocycles. The third-order valence-corrected chi connectivity index (χ3v) is 1.69. The van der Waals surface area contributed by atoms with Gasteiger partial charge in [0.2, 0.25) is 0 Å². The smallest absolute Gasteiger partial charge is 0.0163 e. The van der Waals surface area contributed by atoms with Crippen molar-refractivity contribution in [2.45, 2.75) is 32.1 Å². The van der Waals surface area contributed by atoms with E-state index in [1.165, 1.54) is 12.8 Å². The van der Waals surface area contributed by atoms with Gasteiger partial charge in [-0.1, -0.05) is 30.4 Å². The van der Waals surface area contributed by atoms with E-state index >= 15 is 0 Å². The van der Waals surface area contributed by atoms with Crippen LogP contribution >= 0.6 is 0 Å². The van der Waals surface area contributed by atoms with Crippen LogP contribution in [-0.2, 0) is 0 Å². The first kappa shape index (κ1) is 8.32. The molecule has 0 bridgehead atoms. The largest absolute Gasteiger partial charge is 0.0882 e. The van der Waals surface area contributed by atoms with Gasteiger partial charge in [-0.2, -0.15) is 0 Å². The monoisotopic (exact) mass is 147 g/mol. The molecular formula is C11H15. The van der Waals surface area contributed by atoms with Crippen LogP contribution in [0.2, 0.25) is 0 Å². The minimum atomic E-state index is 1.06. The molecule has 0 N–H and O–H groups in total. The SMILES string of the molecule is [C]1=CCC=CCCC=CCC1. The maximum Gasteiger partial charge on any atom is -0.0163 e. The van der Waals surface area contributed by atoms with Crippen molar-refractivity contribution in [1.29, 1.82) is 0 Å². The van der Waals surface area contributed by atoms with Gasteiger partial charge in [-0.05, 0) is 38.2 Å². The fraction of sp³-hybridized carbons (Fsp3) is 0.455. The van der Waals surface area contributed by atoms with Gasteiger partial charge in [-0.15, -0.1) is 0 Å². The van der Waals surface area contributed by atoms with Crippen molar-refractivity contribution in [3.05, 3.63) is 36.5 Å². The van der Waals surface area contributed by atoms with Gasteiger partial charge in [0.25, 0.3) is 0 Å². The summed E-state index contributed by atoms with van der Waals surface area (Å²) in [5, 5.41) is 0. The highest BCUT2D eigenvalue weighted by Gasteiger charge is 1.81.